The van der Waals surface area contributed by atoms with Gasteiger partial charge in [-0.25, -0.2) is 0 Å². The molecule has 1 atom stereocenters. The minimum atomic E-state index is -0.892. The fraction of sp³-hybridized carbons (Fsp3) is 0.562. The zero-order chi connectivity index (χ0) is 16.0. The van der Waals surface area contributed by atoms with Gasteiger partial charge < -0.3 is 14.5 Å². The first kappa shape index (κ1) is 15.8. The third-order valence-electron chi connectivity index (χ3n) is 4.73. The van der Waals surface area contributed by atoms with E-state index in [0.29, 0.717) is 19.5 Å². The van der Waals surface area contributed by atoms with Crippen LogP contribution in [0.3, 0.4) is 0 Å². The molecule has 1 aliphatic carbocycles. The molecule has 2 aliphatic rings. The van der Waals surface area contributed by atoms with E-state index in [-0.39, 0.29) is 5.91 Å². The Morgan fingerprint density at radius 2 is 1.68 bits per heavy atom. The van der Waals surface area contributed by atoms with Gasteiger partial charge in [-0.3, -0.25) is 4.79 Å². The number of benzene rings is 1. The van der Waals surface area contributed by atoms with Crippen LogP contribution in [0.5, 0.6) is 5.75 Å². The summed E-state index contributed by atoms with van der Waals surface area (Å²) in [6.45, 7) is 4.87. The van der Waals surface area contributed by atoms with Crippen molar-refractivity contribution in [1.82, 2.24) is 4.90 Å². The Hall–Kier alpha value is -1.13. The number of anilines is 1. The summed E-state index contributed by atoms with van der Waals surface area (Å²) in [6.07, 6.45) is 0.542. The molecule has 2 fully saturated rings. The zero-order valence-corrected chi connectivity index (χ0v) is 14.3. The van der Waals surface area contributed by atoms with Gasteiger partial charge in [-0.2, -0.15) is 0 Å². The molecule has 1 saturated heterocycles. The van der Waals surface area contributed by atoms with E-state index in [1.165, 1.54) is 0 Å². The van der Waals surface area contributed by atoms with Crippen molar-refractivity contribution in [3.05, 3.63) is 24.3 Å². The predicted octanol–water partition coefficient (Wildman–Crippen LogP) is 2.93. The van der Waals surface area contributed by atoms with E-state index in [0.717, 1.165) is 24.5 Å². The summed E-state index contributed by atoms with van der Waals surface area (Å²) in [4.78, 5) is 16.7. The SMILES string of the molecule is COc1ccc(N2CCN(C(=O)[C@@]3(C)CC3(Cl)Cl)CC2)cc1. The van der Waals surface area contributed by atoms with Gasteiger partial charge in [-0.15, -0.1) is 23.2 Å². The van der Waals surface area contributed by atoms with Crippen molar-refractivity contribution < 1.29 is 9.53 Å². The van der Waals surface area contributed by atoms with Crippen LogP contribution in [0.1, 0.15) is 13.3 Å². The van der Waals surface area contributed by atoms with E-state index in [2.05, 4.69) is 4.90 Å². The highest BCUT2D eigenvalue weighted by molar-refractivity contribution is 6.53. The van der Waals surface area contributed by atoms with Gasteiger partial charge in [-0.1, -0.05) is 0 Å². The molecule has 1 aromatic rings. The van der Waals surface area contributed by atoms with Crippen LogP contribution in [-0.4, -0.2) is 48.4 Å². The van der Waals surface area contributed by atoms with Crippen molar-refractivity contribution in [2.45, 2.75) is 17.7 Å². The van der Waals surface area contributed by atoms with Crippen molar-refractivity contribution in [2.24, 2.45) is 5.41 Å². The maximum Gasteiger partial charge on any atom is 0.231 e. The molecule has 1 saturated carbocycles. The van der Waals surface area contributed by atoms with Gasteiger partial charge in [0.15, 0.2) is 0 Å². The molecule has 0 spiro atoms. The summed E-state index contributed by atoms with van der Waals surface area (Å²) >= 11 is 12.2. The Morgan fingerprint density at radius 1 is 1.14 bits per heavy atom. The smallest absolute Gasteiger partial charge is 0.231 e. The minimum Gasteiger partial charge on any atom is -0.497 e. The predicted molar refractivity (Wildman–Crippen MR) is 88.9 cm³/mol. The van der Waals surface area contributed by atoms with E-state index in [1.807, 2.05) is 36.1 Å². The lowest BCUT2D eigenvalue weighted by Crippen LogP contribution is -2.51. The summed E-state index contributed by atoms with van der Waals surface area (Å²) in [5, 5.41) is 0. The van der Waals surface area contributed by atoms with Gasteiger partial charge in [0.2, 0.25) is 5.91 Å². The molecule has 0 N–H and O–H groups in total. The molecule has 1 aromatic carbocycles. The van der Waals surface area contributed by atoms with Crippen LogP contribution in [0, 0.1) is 5.41 Å². The first-order valence-electron chi connectivity index (χ1n) is 7.44. The van der Waals surface area contributed by atoms with E-state index in [4.69, 9.17) is 27.9 Å². The average molecular weight is 343 g/mol. The second kappa shape index (κ2) is 5.50. The van der Waals surface area contributed by atoms with Gasteiger partial charge >= 0.3 is 0 Å². The summed E-state index contributed by atoms with van der Waals surface area (Å²) in [5.74, 6) is 0.923. The van der Waals surface area contributed by atoms with Crippen LogP contribution < -0.4 is 9.64 Å². The summed E-state index contributed by atoms with van der Waals surface area (Å²) in [6, 6.07) is 7.99. The van der Waals surface area contributed by atoms with Crippen molar-refractivity contribution in [1.29, 1.82) is 0 Å². The molecule has 22 heavy (non-hydrogen) atoms. The Bertz CT molecular complexity index is 568. The molecular weight excluding hydrogens is 323 g/mol. The van der Waals surface area contributed by atoms with Crippen LogP contribution in [-0.2, 0) is 4.79 Å². The molecule has 0 radical (unpaired) electrons. The molecule has 0 unspecified atom stereocenters. The van der Waals surface area contributed by atoms with Crippen molar-refractivity contribution in [3.63, 3.8) is 0 Å². The molecular formula is C16H20Cl2N2O2. The minimum absolute atomic E-state index is 0.0758. The van der Waals surface area contributed by atoms with E-state index in [1.54, 1.807) is 7.11 Å². The Kier molecular flexibility index (Phi) is 3.94. The first-order chi connectivity index (χ1) is 10.4. The fourth-order valence-electron chi connectivity index (χ4n) is 2.94. The average Bonchev–Trinajstić information content (AvgIpc) is 3.06. The number of carbonyl (C=O) groups is 1. The van der Waals surface area contributed by atoms with Gasteiger partial charge in [0.05, 0.1) is 12.5 Å². The highest BCUT2D eigenvalue weighted by Gasteiger charge is 2.68. The third-order valence-corrected chi connectivity index (χ3v) is 5.84. The number of ether oxygens (including phenoxy) is 1. The molecule has 0 aromatic heterocycles. The number of nitrogens with zero attached hydrogens (tertiary/aromatic N) is 2. The molecule has 6 heteroatoms. The number of rotatable bonds is 3. The van der Waals surface area contributed by atoms with E-state index in [9.17, 15) is 4.79 Å². The Labute approximate surface area is 140 Å². The lowest BCUT2D eigenvalue weighted by atomic mass is 10.1. The van der Waals surface area contributed by atoms with Gasteiger partial charge in [0, 0.05) is 31.9 Å². The maximum atomic E-state index is 12.5. The molecule has 3 rings (SSSR count). The van der Waals surface area contributed by atoms with E-state index < -0.39 is 9.75 Å². The third kappa shape index (κ3) is 2.63. The monoisotopic (exact) mass is 342 g/mol. The van der Waals surface area contributed by atoms with Crippen LogP contribution in [0.25, 0.3) is 0 Å². The van der Waals surface area contributed by atoms with Crippen LogP contribution in [0.2, 0.25) is 0 Å². The second-order valence-corrected chi connectivity index (χ2v) is 7.67. The zero-order valence-electron chi connectivity index (χ0n) is 12.8. The molecule has 1 aliphatic heterocycles. The lowest BCUT2D eigenvalue weighted by Gasteiger charge is -2.37. The molecule has 1 amide bonds. The number of alkyl halides is 2. The van der Waals surface area contributed by atoms with Crippen LogP contribution in [0.15, 0.2) is 24.3 Å². The number of carbonyl (C=O) groups excluding carboxylic acids is 1. The van der Waals surface area contributed by atoms with Crippen molar-refractivity contribution >= 4 is 34.8 Å². The van der Waals surface area contributed by atoms with Crippen LogP contribution >= 0.6 is 23.2 Å². The number of amides is 1. The molecule has 1 heterocycles. The molecule has 0 bridgehead atoms. The highest BCUT2D eigenvalue weighted by atomic mass is 35.5. The maximum absolute atomic E-state index is 12.5. The second-order valence-electron chi connectivity index (χ2n) is 6.19. The van der Waals surface area contributed by atoms with Crippen molar-refractivity contribution in [2.75, 3.05) is 38.2 Å². The normalized spacial score (nSPS) is 26.7. The van der Waals surface area contributed by atoms with Crippen LogP contribution in [0.4, 0.5) is 5.69 Å². The summed E-state index contributed by atoms with van der Waals surface area (Å²) in [5.41, 5.74) is 0.535. The summed E-state index contributed by atoms with van der Waals surface area (Å²) < 4.78 is 4.28. The summed E-state index contributed by atoms with van der Waals surface area (Å²) in [7, 11) is 1.66. The standard InChI is InChI=1S/C16H20Cl2N2O2/c1-15(11-16(15,17)18)14(21)20-9-7-19(8-10-20)12-3-5-13(22-2)6-4-12/h3-6H,7-11H2,1-2H3/t15-/m1/s1. The van der Waals surface area contributed by atoms with Gasteiger partial charge in [0.25, 0.3) is 0 Å². The number of hydrogen-bond acceptors (Lipinski definition) is 3. The van der Waals surface area contributed by atoms with Gasteiger partial charge in [0.1, 0.15) is 10.1 Å². The topological polar surface area (TPSA) is 32.8 Å². The molecule has 120 valence electrons. The van der Waals surface area contributed by atoms with Gasteiger partial charge in [-0.05, 0) is 37.6 Å². The number of hydrogen-bond donors (Lipinski definition) is 0. The number of piperazine rings is 1. The Morgan fingerprint density at radius 3 is 2.14 bits per heavy atom. The largest absolute Gasteiger partial charge is 0.497 e. The fourth-order valence-corrected chi connectivity index (χ4v) is 3.64. The molecule has 4 nitrogen and oxygen atoms in total. The lowest BCUT2D eigenvalue weighted by molar-refractivity contribution is -0.136. The highest BCUT2D eigenvalue weighted by Crippen LogP contribution is 2.64. The number of methoxy groups -OCH3 is 1. The first-order valence-corrected chi connectivity index (χ1v) is 8.19. The quantitative estimate of drug-likeness (QED) is 0.791. The Balaban J connectivity index is 1.59. The van der Waals surface area contributed by atoms with Crippen molar-refractivity contribution in [3.8, 4) is 5.75 Å². The number of halogens is 2. The van der Waals surface area contributed by atoms with E-state index >= 15 is 0 Å².